The number of benzene rings is 2. The summed E-state index contributed by atoms with van der Waals surface area (Å²) >= 11 is 0. The van der Waals surface area contributed by atoms with E-state index in [1.165, 1.54) is 23.4 Å². The Labute approximate surface area is 193 Å². The van der Waals surface area contributed by atoms with Gasteiger partial charge in [-0.1, -0.05) is 24.3 Å². The van der Waals surface area contributed by atoms with Crippen LogP contribution in [0.1, 0.15) is 45.7 Å². The van der Waals surface area contributed by atoms with Gasteiger partial charge in [0.2, 0.25) is 0 Å². The molecule has 33 heavy (non-hydrogen) atoms. The number of fused-ring (bicyclic) bond motifs is 1. The molecule has 0 saturated carbocycles. The molecule has 1 aliphatic heterocycles. The largest absolute Gasteiger partial charge is 0.366 e. The Kier molecular flexibility index (Phi) is 5.92. The molecule has 2 heterocycles. The van der Waals surface area contributed by atoms with E-state index in [1.807, 2.05) is 21.9 Å². The number of carbonyl (C=O) groups excluding carboxylic acids is 1. The number of hydrogen-bond acceptors (Lipinski definition) is 2. The molecular formula is C27H29F2N3O. The Hall–Kier alpha value is -3.15. The first kappa shape index (κ1) is 21.7. The molecule has 0 atom stereocenters. The molecule has 1 fully saturated rings. The number of hydrogen-bond donors (Lipinski definition) is 0. The Bertz CT molecular complexity index is 1180. The van der Waals surface area contributed by atoms with Gasteiger partial charge < -0.3 is 14.4 Å². The van der Waals surface area contributed by atoms with Crippen LogP contribution in [0.3, 0.4) is 0 Å². The molecular weight excluding hydrogens is 420 g/mol. The standard InChI is InChI=1S/C27H29F2N3O/c1-19-22-9-2-4-11-24(22)32(18-20-7-6-8-21(28)17-20)26(19)27(33)31-15-13-30(14-16-31)25-12-5-3-10-23(25)29/h3,5-8,10,12,17H,2,4,9,11,13-16,18H2,1H3. The molecule has 1 saturated heterocycles. The molecule has 0 unspecified atom stereocenters. The highest BCUT2D eigenvalue weighted by atomic mass is 19.1. The molecule has 4 nitrogen and oxygen atoms in total. The van der Waals surface area contributed by atoms with Crippen molar-refractivity contribution in [3.8, 4) is 0 Å². The lowest BCUT2D eigenvalue weighted by atomic mass is 9.95. The van der Waals surface area contributed by atoms with E-state index in [0.717, 1.165) is 42.5 Å². The van der Waals surface area contributed by atoms with E-state index < -0.39 is 0 Å². The molecule has 1 amide bonds. The Morgan fingerprint density at radius 3 is 2.45 bits per heavy atom. The van der Waals surface area contributed by atoms with Crippen LogP contribution >= 0.6 is 0 Å². The molecule has 1 aliphatic carbocycles. The van der Waals surface area contributed by atoms with Crippen molar-refractivity contribution in [1.82, 2.24) is 9.47 Å². The monoisotopic (exact) mass is 449 g/mol. The highest BCUT2D eigenvalue weighted by Gasteiger charge is 2.31. The smallest absolute Gasteiger partial charge is 0.270 e. The van der Waals surface area contributed by atoms with Crippen molar-refractivity contribution in [1.29, 1.82) is 0 Å². The van der Waals surface area contributed by atoms with E-state index in [9.17, 15) is 13.6 Å². The van der Waals surface area contributed by atoms with Crippen LogP contribution in [0.4, 0.5) is 14.5 Å². The zero-order chi connectivity index (χ0) is 22.9. The number of anilines is 1. The lowest BCUT2D eigenvalue weighted by Gasteiger charge is -2.36. The summed E-state index contributed by atoms with van der Waals surface area (Å²) in [7, 11) is 0. The first-order valence-corrected chi connectivity index (χ1v) is 11.8. The number of carbonyl (C=O) groups is 1. The number of para-hydroxylation sites is 1. The van der Waals surface area contributed by atoms with E-state index >= 15 is 0 Å². The molecule has 6 heteroatoms. The van der Waals surface area contributed by atoms with Crippen LogP contribution in [0.5, 0.6) is 0 Å². The molecule has 172 valence electrons. The molecule has 1 aromatic heterocycles. The highest BCUT2D eigenvalue weighted by molar-refractivity contribution is 5.95. The van der Waals surface area contributed by atoms with Crippen molar-refractivity contribution in [2.45, 2.75) is 39.2 Å². The van der Waals surface area contributed by atoms with E-state index in [1.54, 1.807) is 24.3 Å². The molecule has 0 bridgehead atoms. The summed E-state index contributed by atoms with van der Waals surface area (Å²) in [6.07, 6.45) is 4.17. The normalized spacial score (nSPS) is 16.1. The third-order valence-electron chi connectivity index (χ3n) is 7.03. The molecule has 3 aromatic rings. The van der Waals surface area contributed by atoms with Crippen LogP contribution < -0.4 is 4.90 Å². The van der Waals surface area contributed by atoms with Gasteiger partial charge in [0.15, 0.2) is 0 Å². The van der Waals surface area contributed by atoms with Gasteiger partial charge in [-0.25, -0.2) is 8.78 Å². The summed E-state index contributed by atoms with van der Waals surface area (Å²) in [4.78, 5) is 17.6. The first-order chi connectivity index (χ1) is 16.0. The van der Waals surface area contributed by atoms with Crippen molar-refractivity contribution in [2.24, 2.45) is 0 Å². The van der Waals surface area contributed by atoms with Crippen molar-refractivity contribution in [3.63, 3.8) is 0 Å². The minimum Gasteiger partial charge on any atom is -0.366 e. The molecule has 0 radical (unpaired) electrons. The highest BCUT2D eigenvalue weighted by Crippen LogP contribution is 2.32. The van der Waals surface area contributed by atoms with Gasteiger partial charge in [-0.15, -0.1) is 0 Å². The number of amides is 1. The number of piperazine rings is 1. The molecule has 0 spiro atoms. The minimum absolute atomic E-state index is 0.0199. The third kappa shape index (κ3) is 4.14. The summed E-state index contributed by atoms with van der Waals surface area (Å²) in [5, 5.41) is 0. The summed E-state index contributed by atoms with van der Waals surface area (Å²) in [6.45, 7) is 4.82. The van der Waals surface area contributed by atoms with Gasteiger partial charge in [0.1, 0.15) is 17.3 Å². The number of aromatic nitrogens is 1. The zero-order valence-corrected chi connectivity index (χ0v) is 19.0. The number of halogens is 2. The van der Waals surface area contributed by atoms with Crippen LogP contribution in [0.15, 0.2) is 48.5 Å². The predicted molar refractivity (Wildman–Crippen MR) is 126 cm³/mol. The fraction of sp³-hybridized carbons (Fsp3) is 0.370. The third-order valence-corrected chi connectivity index (χ3v) is 7.03. The van der Waals surface area contributed by atoms with Gasteiger partial charge in [-0.05, 0) is 73.6 Å². The van der Waals surface area contributed by atoms with Gasteiger partial charge in [0.05, 0.1) is 5.69 Å². The molecule has 0 N–H and O–H groups in total. The Balaban J connectivity index is 1.42. The summed E-state index contributed by atoms with van der Waals surface area (Å²) in [6, 6.07) is 13.4. The van der Waals surface area contributed by atoms with Gasteiger partial charge >= 0.3 is 0 Å². The number of nitrogens with zero attached hydrogens (tertiary/aromatic N) is 3. The Morgan fingerprint density at radius 1 is 0.939 bits per heavy atom. The van der Waals surface area contributed by atoms with Gasteiger partial charge in [0.25, 0.3) is 5.91 Å². The predicted octanol–water partition coefficient (Wildman–Crippen LogP) is 4.96. The van der Waals surface area contributed by atoms with E-state index in [0.29, 0.717) is 38.4 Å². The van der Waals surface area contributed by atoms with Crippen LogP contribution in [0.25, 0.3) is 0 Å². The fourth-order valence-corrected chi connectivity index (χ4v) is 5.35. The van der Waals surface area contributed by atoms with Crippen molar-refractivity contribution < 1.29 is 13.6 Å². The van der Waals surface area contributed by atoms with E-state index in [4.69, 9.17) is 0 Å². The van der Waals surface area contributed by atoms with Crippen LogP contribution in [-0.4, -0.2) is 41.6 Å². The van der Waals surface area contributed by atoms with Crippen molar-refractivity contribution in [3.05, 3.63) is 88.2 Å². The second kappa shape index (κ2) is 9.00. The molecule has 2 aliphatic rings. The second-order valence-corrected chi connectivity index (χ2v) is 9.05. The van der Waals surface area contributed by atoms with Crippen molar-refractivity contribution in [2.75, 3.05) is 31.1 Å². The van der Waals surface area contributed by atoms with Gasteiger partial charge in [-0.2, -0.15) is 0 Å². The van der Waals surface area contributed by atoms with Crippen LogP contribution in [0.2, 0.25) is 0 Å². The first-order valence-electron chi connectivity index (χ1n) is 11.8. The maximum atomic E-state index is 14.2. The Morgan fingerprint density at radius 2 is 1.70 bits per heavy atom. The fourth-order valence-electron chi connectivity index (χ4n) is 5.35. The SMILES string of the molecule is Cc1c2c(n(Cc3cccc(F)c3)c1C(=O)N1CCN(c3ccccc3F)CC1)CCCC2. The zero-order valence-electron chi connectivity index (χ0n) is 19.0. The maximum Gasteiger partial charge on any atom is 0.270 e. The van der Waals surface area contributed by atoms with E-state index in [2.05, 4.69) is 11.5 Å². The lowest BCUT2D eigenvalue weighted by Crippen LogP contribution is -2.49. The summed E-state index contributed by atoms with van der Waals surface area (Å²) in [5.41, 5.74) is 5.73. The average molecular weight is 450 g/mol. The second-order valence-electron chi connectivity index (χ2n) is 9.05. The summed E-state index contributed by atoms with van der Waals surface area (Å²) < 4.78 is 30.2. The topological polar surface area (TPSA) is 28.5 Å². The average Bonchev–Trinajstić information content (AvgIpc) is 3.11. The summed E-state index contributed by atoms with van der Waals surface area (Å²) in [5.74, 6) is -0.473. The van der Waals surface area contributed by atoms with Crippen LogP contribution in [0, 0.1) is 18.6 Å². The van der Waals surface area contributed by atoms with E-state index in [-0.39, 0.29) is 17.5 Å². The van der Waals surface area contributed by atoms with Crippen LogP contribution in [-0.2, 0) is 19.4 Å². The maximum absolute atomic E-state index is 14.2. The van der Waals surface area contributed by atoms with Crippen molar-refractivity contribution >= 4 is 11.6 Å². The lowest BCUT2D eigenvalue weighted by molar-refractivity contribution is 0.0735. The van der Waals surface area contributed by atoms with Gasteiger partial charge in [0, 0.05) is 38.4 Å². The van der Waals surface area contributed by atoms with Gasteiger partial charge in [-0.3, -0.25) is 4.79 Å². The quantitative estimate of drug-likeness (QED) is 0.563. The molecule has 5 rings (SSSR count). The minimum atomic E-state index is -0.262. The number of rotatable bonds is 4. The molecule has 2 aromatic carbocycles.